The zero-order valence-electron chi connectivity index (χ0n) is 10.6. The van der Waals surface area contributed by atoms with Crippen molar-refractivity contribution in [2.24, 2.45) is 0 Å². The van der Waals surface area contributed by atoms with E-state index in [0.717, 1.165) is 0 Å². The van der Waals surface area contributed by atoms with E-state index in [-0.39, 0.29) is 30.0 Å². The van der Waals surface area contributed by atoms with Crippen LogP contribution >= 0.6 is 0 Å². The van der Waals surface area contributed by atoms with E-state index in [1.165, 1.54) is 6.20 Å². The van der Waals surface area contributed by atoms with Gasteiger partial charge >= 0.3 is 11.9 Å². The van der Waals surface area contributed by atoms with Crippen LogP contribution in [0, 0.1) is 6.92 Å². The van der Waals surface area contributed by atoms with Crippen LogP contribution < -0.4 is 5.73 Å². The lowest BCUT2D eigenvalue weighted by Gasteiger charge is -2.11. The highest BCUT2D eigenvalue weighted by atomic mass is 16.5. The van der Waals surface area contributed by atoms with Crippen molar-refractivity contribution in [1.82, 2.24) is 4.98 Å². The first-order valence-electron chi connectivity index (χ1n) is 5.62. The number of nitrogen functional groups attached to an aromatic ring is 1. The van der Waals surface area contributed by atoms with Crippen LogP contribution in [0.5, 0.6) is 0 Å². The second-order valence-corrected chi connectivity index (χ2v) is 3.49. The minimum atomic E-state index is -0.649. The van der Waals surface area contributed by atoms with Crippen LogP contribution in [0.2, 0.25) is 0 Å². The Morgan fingerprint density at radius 2 is 1.78 bits per heavy atom. The van der Waals surface area contributed by atoms with Crippen molar-refractivity contribution >= 4 is 17.6 Å². The van der Waals surface area contributed by atoms with Gasteiger partial charge in [0, 0.05) is 6.20 Å². The third-order valence-electron chi connectivity index (χ3n) is 2.29. The van der Waals surface area contributed by atoms with Crippen LogP contribution in [0.4, 0.5) is 5.69 Å². The molecule has 6 heteroatoms. The summed E-state index contributed by atoms with van der Waals surface area (Å²) < 4.78 is 9.73. The molecule has 1 heterocycles. The number of pyridine rings is 1. The number of esters is 2. The van der Waals surface area contributed by atoms with E-state index in [0.29, 0.717) is 5.69 Å². The van der Waals surface area contributed by atoms with Gasteiger partial charge < -0.3 is 15.2 Å². The Balaban J connectivity index is 3.29. The number of rotatable bonds is 4. The average Bonchev–Trinajstić information content (AvgIpc) is 2.32. The zero-order valence-corrected chi connectivity index (χ0v) is 10.6. The van der Waals surface area contributed by atoms with Crippen molar-refractivity contribution in [3.8, 4) is 0 Å². The number of nitrogens with zero attached hydrogens (tertiary/aromatic N) is 1. The quantitative estimate of drug-likeness (QED) is 0.813. The fourth-order valence-electron chi connectivity index (χ4n) is 1.41. The predicted molar refractivity (Wildman–Crippen MR) is 65.3 cm³/mol. The molecule has 0 aliphatic heterocycles. The summed E-state index contributed by atoms with van der Waals surface area (Å²) in [6.45, 7) is 5.39. The van der Waals surface area contributed by atoms with E-state index in [4.69, 9.17) is 15.2 Å². The van der Waals surface area contributed by atoms with E-state index >= 15 is 0 Å². The van der Waals surface area contributed by atoms with Gasteiger partial charge in [-0.15, -0.1) is 0 Å². The Morgan fingerprint density at radius 1 is 1.22 bits per heavy atom. The molecule has 1 aromatic rings. The normalized spacial score (nSPS) is 9.94. The van der Waals surface area contributed by atoms with E-state index in [1.807, 2.05) is 0 Å². The number of anilines is 1. The van der Waals surface area contributed by atoms with E-state index in [1.54, 1.807) is 20.8 Å². The SMILES string of the molecule is CCOC(=O)c1cnc(C)c(N)c1C(=O)OCC. The molecule has 6 nitrogen and oxygen atoms in total. The molecule has 0 aromatic carbocycles. The maximum Gasteiger partial charge on any atom is 0.341 e. The lowest BCUT2D eigenvalue weighted by molar-refractivity contribution is 0.0479. The molecule has 0 aliphatic carbocycles. The highest BCUT2D eigenvalue weighted by molar-refractivity contribution is 6.06. The Labute approximate surface area is 105 Å². The predicted octanol–water partition coefficient (Wildman–Crippen LogP) is 1.33. The van der Waals surface area contributed by atoms with Crippen molar-refractivity contribution in [3.05, 3.63) is 23.0 Å². The lowest BCUT2D eigenvalue weighted by atomic mass is 10.1. The Hall–Kier alpha value is -2.11. The number of ether oxygens (including phenoxy) is 2. The molecular weight excluding hydrogens is 236 g/mol. The van der Waals surface area contributed by atoms with Gasteiger partial charge in [-0.25, -0.2) is 9.59 Å². The van der Waals surface area contributed by atoms with Gasteiger partial charge in [0.25, 0.3) is 0 Å². The van der Waals surface area contributed by atoms with Crippen LogP contribution in [0.15, 0.2) is 6.20 Å². The number of hydrogen-bond acceptors (Lipinski definition) is 6. The molecule has 0 bridgehead atoms. The van der Waals surface area contributed by atoms with Crippen LogP contribution in [0.3, 0.4) is 0 Å². The molecule has 0 unspecified atom stereocenters. The Morgan fingerprint density at radius 3 is 2.33 bits per heavy atom. The Bertz CT molecular complexity index is 471. The maximum absolute atomic E-state index is 11.8. The molecule has 0 radical (unpaired) electrons. The zero-order chi connectivity index (χ0) is 13.7. The molecule has 0 fully saturated rings. The maximum atomic E-state index is 11.8. The molecule has 0 spiro atoms. The van der Waals surface area contributed by atoms with Crippen molar-refractivity contribution < 1.29 is 19.1 Å². The number of carbonyl (C=O) groups excluding carboxylic acids is 2. The highest BCUT2D eigenvalue weighted by Gasteiger charge is 2.23. The Kier molecular flexibility index (Phi) is 4.65. The molecule has 0 saturated carbocycles. The number of aryl methyl sites for hydroxylation is 1. The molecule has 0 amide bonds. The van der Waals surface area contributed by atoms with Crippen molar-refractivity contribution in [3.63, 3.8) is 0 Å². The minimum Gasteiger partial charge on any atom is -0.462 e. The van der Waals surface area contributed by atoms with E-state index in [9.17, 15) is 9.59 Å². The van der Waals surface area contributed by atoms with Gasteiger partial charge in [-0.3, -0.25) is 4.98 Å². The fourth-order valence-corrected chi connectivity index (χ4v) is 1.41. The van der Waals surface area contributed by atoms with Gasteiger partial charge in [-0.05, 0) is 20.8 Å². The summed E-state index contributed by atoms with van der Waals surface area (Å²) in [6, 6.07) is 0. The second-order valence-electron chi connectivity index (χ2n) is 3.49. The summed E-state index contributed by atoms with van der Waals surface area (Å²) in [5.41, 5.74) is 6.42. The van der Waals surface area contributed by atoms with Gasteiger partial charge in [-0.2, -0.15) is 0 Å². The number of aromatic nitrogens is 1. The van der Waals surface area contributed by atoms with Crippen molar-refractivity contribution in [2.45, 2.75) is 20.8 Å². The van der Waals surface area contributed by atoms with Crippen LogP contribution in [0.1, 0.15) is 40.3 Å². The summed E-state index contributed by atoms with van der Waals surface area (Å²) in [5.74, 6) is -1.29. The molecule has 0 atom stereocenters. The lowest BCUT2D eigenvalue weighted by Crippen LogP contribution is -2.18. The van der Waals surface area contributed by atoms with Crippen molar-refractivity contribution in [2.75, 3.05) is 18.9 Å². The molecule has 18 heavy (non-hydrogen) atoms. The smallest absolute Gasteiger partial charge is 0.341 e. The molecule has 0 aliphatic rings. The van der Waals surface area contributed by atoms with Gasteiger partial charge in [0.1, 0.15) is 5.56 Å². The summed E-state index contributed by atoms with van der Waals surface area (Å²) in [4.78, 5) is 27.5. The van der Waals surface area contributed by atoms with E-state index < -0.39 is 11.9 Å². The second kappa shape index (κ2) is 6.00. The van der Waals surface area contributed by atoms with Crippen LogP contribution in [0.25, 0.3) is 0 Å². The first kappa shape index (κ1) is 14.0. The summed E-state index contributed by atoms with van der Waals surface area (Å²) in [6.07, 6.45) is 1.27. The third kappa shape index (κ3) is 2.77. The molecule has 1 rings (SSSR count). The van der Waals surface area contributed by atoms with Gasteiger partial charge in [-0.1, -0.05) is 0 Å². The topological polar surface area (TPSA) is 91.5 Å². The molecular formula is C12H16N2O4. The average molecular weight is 252 g/mol. The summed E-state index contributed by atoms with van der Waals surface area (Å²) >= 11 is 0. The first-order valence-corrected chi connectivity index (χ1v) is 5.62. The summed E-state index contributed by atoms with van der Waals surface area (Å²) in [7, 11) is 0. The molecule has 0 saturated heterocycles. The highest BCUT2D eigenvalue weighted by Crippen LogP contribution is 2.21. The van der Waals surface area contributed by atoms with Crippen LogP contribution in [-0.2, 0) is 9.47 Å². The third-order valence-corrected chi connectivity index (χ3v) is 2.29. The van der Waals surface area contributed by atoms with Gasteiger partial charge in [0.2, 0.25) is 0 Å². The van der Waals surface area contributed by atoms with Crippen LogP contribution in [-0.4, -0.2) is 30.1 Å². The van der Waals surface area contributed by atoms with Crippen molar-refractivity contribution in [1.29, 1.82) is 0 Å². The number of nitrogens with two attached hydrogens (primary N) is 1. The van der Waals surface area contributed by atoms with E-state index in [2.05, 4.69) is 4.98 Å². The molecule has 1 aromatic heterocycles. The molecule has 2 N–H and O–H groups in total. The fraction of sp³-hybridized carbons (Fsp3) is 0.417. The number of carbonyl (C=O) groups is 2. The molecule has 98 valence electrons. The van der Waals surface area contributed by atoms with Gasteiger partial charge in [0.05, 0.1) is 30.2 Å². The summed E-state index contributed by atoms with van der Waals surface area (Å²) in [5, 5.41) is 0. The van der Waals surface area contributed by atoms with Gasteiger partial charge in [0.15, 0.2) is 0 Å². The number of hydrogen-bond donors (Lipinski definition) is 1. The standard InChI is InChI=1S/C12H16N2O4/c1-4-17-11(15)8-6-14-7(3)10(13)9(8)12(16)18-5-2/h6H,4-5,13H2,1-3H3. The first-order chi connectivity index (χ1) is 8.52. The monoisotopic (exact) mass is 252 g/mol. The minimum absolute atomic E-state index is 0.0165. The largest absolute Gasteiger partial charge is 0.462 e.